The number of hydrogen-bond donors (Lipinski definition) is 2. The molecule has 1 atom stereocenters. The molecule has 0 fully saturated rings. The van der Waals surface area contributed by atoms with Gasteiger partial charge in [-0.25, -0.2) is 0 Å². The molecule has 0 aromatic carbocycles. The summed E-state index contributed by atoms with van der Waals surface area (Å²) < 4.78 is 0. The number of nitrogens with one attached hydrogen (secondary N) is 2. The van der Waals surface area contributed by atoms with Crippen molar-refractivity contribution >= 4 is 17.3 Å². The number of guanidine groups is 1. The lowest BCUT2D eigenvalue weighted by atomic mass is 10.0. The Labute approximate surface area is 121 Å². The average molecular weight is 281 g/mol. The summed E-state index contributed by atoms with van der Waals surface area (Å²) >= 11 is 1.78. The minimum Gasteiger partial charge on any atom is -0.357 e. The first kappa shape index (κ1) is 16.0. The molecule has 1 aromatic rings. The van der Waals surface area contributed by atoms with Gasteiger partial charge in [0.05, 0.1) is 6.04 Å². The van der Waals surface area contributed by atoms with Gasteiger partial charge in [-0.05, 0) is 31.2 Å². The second-order valence-corrected chi connectivity index (χ2v) is 5.76. The fraction of sp³-hybridized carbons (Fsp3) is 0.667. The number of nitrogens with zero attached hydrogens (tertiary/aromatic N) is 1. The van der Waals surface area contributed by atoms with Crippen molar-refractivity contribution in [2.75, 3.05) is 13.1 Å². The van der Waals surface area contributed by atoms with Gasteiger partial charge in [-0.2, -0.15) is 0 Å². The summed E-state index contributed by atoms with van der Waals surface area (Å²) in [6.07, 6.45) is 2.39. The minimum absolute atomic E-state index is 0.305. The van der Waals surface area contributed by atoms with Crippen LogP contribution < -0.4 is 10.6 Å². The highest BCUT2D eigenvalue weighted by Gasteiger charge is 2.09. The summed E-state index contributed by atoms with van der Waals surface area (Å²) in [4.78, 5) is 6.05. The van der Waals surface area contributed by atoms with Crippen LogP contribution in [0.5, 0.6) is 0 Å². The fourth-order valence-corrected chi connectivity index (χ4v) is 2.64. The van der Waals surface area contributed by atoms with Crippen molar-refractivity contribution in [3.63, 3.8) is 0 Å². The van der Waals surface area contributed by atoms with Gasteiger partial charge < -0.3 is 10.6 Å². The van der Waals surface area contributed by atoms with Crippen molar-refractivity contribution in [2.24, 2.45) is 10.9 Å². The Morgan fingerprint density at radius 1 is 1.32 bits per heavy atom. The van der Waals surface area contributed by atoms with E-state index in [9.17, 15) is 0 Å². The van der Waals surface area contributed by atoms with Gasteiger partial charge in [-0.3, -0.25) is 4.99 Å². The standard InChI is InChI=1S/C15H27N3S/c1-5-13(6-2)11-17-15(16-7-3)18-12(4)14-9-8-10-19-14/h8-10,12-13H,5-7,11H2,1-4H3,(H2,16,17,18). The van der Waals surface area contributed by atoms with Gasteiger partial charge in [0.1, 0.15) is 0 Å². The molecule has 108 valence electrons. The predicted molar refractivity (Wildman–Crippen MR) is 85.9 cm³/mol. The van der Waals surface area contributed by atoms with Crippen LogP contribution in [0.4, 0.5) is 0 Å². The van der Waals surface area contributed by atoms with Crippen molar-refractivity contribution < 1.29 is 0 Å². The first-order chi connectivity index (χ1) is 9.21. The van der Waals surface area contributed by atoms with Crippen LogP contribution in [0.15, 0.2) is 22.5 Å². The molecule has 0 aliphatic rings. The molecule has 0 aliphatic heterocycles. The highest BCUT2D eigenvalue weighted by atomic mass is 32.1. The summed E-state index contributed by atoms with van der Waals surface area (Å²) in [7, 11) is 0. The molecule has 1 unspecified atom stereocenters. The van der Waals surface area contributed by atoms with Crippen LogP contribution >= 0.6 is 11.3 Å². The molecule has 0 saturated heterocycles. The summed E-state index contributed by atoms with van der Waals surface area (Å²) in [5, 5.41) is 8.91. The topological polar surface area (TPSA) is 36.4 Å². The molecular formula is C15H27N3S. The summed E-state index contributed by atoms with van der Waals surface area (Å²) in [6.45, 7) is 10.5. The van der Waals surface area contributed by atoms with Gasteiger partial charge in [-0.1, -0.05) is 32.8 Å². The third-order valence-corrected chi connectivity index (χ3v) is 4.38. The second kappa shape index (κ2) is 8.97. The first-order valence-electron chi connectivity index (χ1n) is 7.29. The molecule has 1 aromatic heterocycles. The Balaban J connectivity index is 2.58. The Bertz CT molecular complexity index is 355. The maximum Gasteiger partial charge on any atom is 0.191 e. The quantitative estimate of drug-likeness (QED) is 0.589. The Morgan fingerprint density at radius 3 is 2.58 bits per heavy atom. The molecule has 0 spiro atoms. The zero-order valence-corrected chi connectivity index (χ0v) is 13.4. The van der Waals surface area contributed by atoms with E-state index in [-0.39, 0.29) is 0 Å². The van der Waals surface area contributed by atoms with Crippen LogP contribution in [0.3, 0.4) is 0 Å². The molecule has 2 N–H and O–H groups in total. The van der Waals surface area contributed by atoms with E-state index in [1.807, 2.05) is 0 Å². The summed E-state index contributed by atoms with van der Waals surface area (Å²) in [5.41, 5.74) is 0. The van der Waals surface area contributed by atoms with E-state index in [0.29, 0.717) is 12.0 Å². The zero-order chi connectivity index (χ0) is 14.1. The van der Waals surface area contributed by atoms with E-state index in [1.54, 1.807) is 11.3 Å². The molecule has 1 heterocycles. The Hall–Kier alpha value is -1.03. The van der Waals surface area contributed by atoms with E-state index in [0.717, 1.165) is 19.0 Å². The van der Waals surface area contributed by atoms with Crippen LogP contribution in [0.25, 0.3) is 0 Å². The van der Waals surface area contributed by atoms with Crippen molar-refractivity contribution in [3.8, 4) is 0 Å². The Kier molecular flexibility index (Phi) is 7.56. The predicted octanol–water partition coefficient (Wildman–Crippen LogP) is 3.80. The second-order valence-electron chi connectivity index (χ2n) is 4.78. The van der Waals surface area contributed by atoms with Crippen LogP contribution in [0.2, 0.25) is 0 Å². The lowest BCUT2D eigenvalue weighted by Crippen LogP contribution is -2.38. The van der Waals surface area contributed by atoms with Gasteiger partial charge in [0.15, 0.2) is 5.96 Å². The summed E-state index contributed by atoms with van der Waals surface area (Å²) in [5.74, 6) is 1.61. The van der Waals surface area contributed by atoms with E-state index in [2.05, 4.69) is 55.8 Å². The lowest BCUT2D eigenvalue weighted by molar-refractivity contribution is 0.503. The lowest BCUT2D eigenvalue weighted by Gasteiger charge is -2.18. The molecule has 4 heteroatoms. The third-order valence-electron chi connectivity index (χ3n) is 3.33. The molecular weight excluding hydrogens is 254 g/mol. The molecule has 1 rings (SSSR count). The van der Waals surface area contributed by atoms with E-state index in [4.69, 9.17) is 4.99 Å². The van der Waals surface area contributed by atoms with E-state index in [1.165, 1.54) is 17.7 Å². The smallest absolute Gasteiger partial charge is 0.191 e. The molecule has 19 heavy (non-hydrogen) atoms. The maximum absolute atomic E-state index is 4.70. The molecule has 3 nitrogen and oxygen atoms in total. The van der Waals surface area contributed by atoms with Gasteiger partial charge >= 0.3 is 0 Å². The number of rotatable bonds is 7. The average Bonchev–Trinajstić information content (AvgIpc) is 2.94. The molecule has 0 radical (unpaired) electrons. The van der Waals surface area contributed by atoms with Gasteiger partial charge in [-0.15, -0.1) is 11.3 Å². The highest BCUT2D eigenvalue weighted by molar-refractivity contribution is 7.10. The van der Waals surface area contributed by atoms with E-state index >= 15 is 0 Å². The van der Waals surface area contributed by atoms with Crippen LogP contribution in [-0.4, -0.2) is 19.0 Å². The van der Waals surface area contributed by atoms with Crippen molar-refractivity contribution in [3.05, 3.63) is 22.4 Å². The normalized spacial score (nSPS) is 13.6. The number of aliphatic imine (C=N–C) groups is 1. The van der Waals surface area contributed by atoms with Crippen molar-refractivity contribution in [2.45, 2.75) is 46.6 Å². The monoisotopic (exact) mass is 281 g/mol. The van der Waals surface area contributed by atoms with Crippen LogP contribution in [0, 0.1) is 5.92 Å². The number of thiophene rings is 1. The molecule has 0 aliphatic carbocycles. The molecule has 0 amide bonds. The highest BCUT2D eigenvalue weighted by Crippen LogP contribution is 2.17. The molecule has 0 saturated carbocycles. The third kappa shape index (κ3) is 5.64. The van der Waals surface area contributed by atoms with Crippen LogP contribution in [-0.2, 0) is 0 Å². The zero-order valence-electron chi connectivity index (χ0n) is 12.6. The van der Waals surface area contributed by atoms with Crippen LogP contribution in [0.1, 0.15) is 51.5 Å². The first-order valence-corrected chi connectivity index (χ1v) is 8.17. The summed E-state index contributed by atoms with van der Waals surface area (Å²) in [6, 6.07) is 4.55. The fourth-order valence-electron chi connectivity index (χ4n) is 1.90. The van der Waals surface area contributed by atoms with Crippen molar-refractivity contribution in [1.82, 2.24) is 10.6 Å². The largest absolute Gasteiger partial charge is 0.357 e. The van der Waals surface area contributed by atoms with E-state index < -0.39 is 0 Å². The van der Waals surface area contributed by atoms with Gasteiger partial charge in [0.2, 0.25) is 0 Å². The van der Waals surface area contributed by atoms with Crippen molar-refractivity contribution in [1.29, 1.82) is 0 Å². The maximum atomic E-state index is 4.70. The molecule has 0 bridgehead atoms. The van der Waals surface area contributed by atoms with Gasteiger partial charge in [0, 0.05) is 18.0 Å². The number of hydrogen-bond acceptors (Lipinski definition) is 2. The minimum atomic E-state index is 0.305. The Morgan fingerprint density at radius 2 is 2.05 bits per heavy atom. The van der Waals surface area contributed by atoms with Gasteiger partial charge in [0.25, 0.3) is 0 Å². The SMILES string of the molecule is CCNC(=NCC(CC)CC)NC(C)c1cccs1.